The van der Waals surface area contributed by atoms with E-state index in [4.69, 9.17) is 5.73 Å². The molecule has 0 aliphatic carbocycles. The quantitative estimate of drug-likeness (QED) is 0.687. The first-order valence-corrected chi connectivity index (χ1v) is 3.86. The molecule has 0 atom stereocenters. The van der Waals surface area contributed by atoms with Gasteiger partial charge in [0.1, 0.15) is 0 Å². The molecule has 0 spiro atoms. The minimum absolute atomic E-state index is 0.260. The second-order valence-corrected chi connectivity index (χ2v) is 2.69. The molecule has 2 aromatic heterocycles. The lowest BCUT2D eigenvalue weighted by Crippen LogP contribution is -2.05. The molecule has 66 valence electrons. The SMILES string of the molecule is Cc1cnc(N)nc1-n1cccn1. The Balaban J connectivity index is 2.57. The van der Waals surface area contributed by atoms with Crippen LogP contribution in [0.25, 0.3) is 5.82 Å². The van der Waals surface area contributed by atoms with E-state index in [0.29, 0.717) is 0 Å². The summed E-state index contributed by atoms with van der Waals surface area (Å²) >= 11 is 0. The first-order valence-electron chi connectivity index (χ1n) is 3.86. The van der Waals surface area contributed by atoms with Crippen LogP contribution in [-0.2, 0) is 0 Å². The molecule has 5 nitrogen and oxygen atoms in total. The molecule has 0 aliphatic heterocycles. The molecule has 0 saturated heterocycles. The predicted molar refractivity (Wildman–Crippen MR) is 48.3 cm³/mol. The molecule has 0 unspecified atom stereocenters. The van der Waals surface area contributed by atoms with Gasteiger partial charge in [0.15, 0.2) is 5.82 Å². The smallest absolute Gasteiger partial charge is 0.222 e. The maximum Gasteiger partial charge on any atom is 0.222 e. The molecule has 5 heteroatoms. The lowest BCUT2D eigenvalue weighted by Gasteiger charge is -2.03. The zero-order valence-electron chi connectivity index (χ0n) is 7.18. The Bertz CT molecular complexity index is 406. The minimum atomic E-state index is 0.260. The minimum Gasteiger partial charge on any atom is -0.368 e. The summed E-state index contributed by atoms with van der Waals surface area (Å²) in [5, 5.41) is 4.06. The van der Waals surface area contributed by atoms with E-state index < -0.39 is 0 Å². The van der Waals surface area contributed by atoms with Gasteiger partial charge in [-0.25, -0.2) is 9.67 Å². The van der Waals surface area contributed by atoms with Crippen LogP contribution in [0.5, 0.6) is 0 Å². The first kappa shape index (κ1) is 7.72. The number of anilines is 1. The molecule has 2 rings (SSSR count). The largest absolute Gasteiger partial charge is 0.368 e. The van der Waals surface area contributed by atoms with E-state index >= 15 is 0 Å². The second kappa shape index (κ2) is 2.85. The lowest BCUT2D eigenvalue weighted by atomic mass is 10.3. The molecular weight excluding hydrogens is 166 g/mol. The van der Waals surface area contributed by atoms with Crippen molar-refractivity contribution < 1.29 is 0 Å². The second-order valence-electron chi connectivity index (χ2n) is 2.69. The van der Waals surface area contributed by atoms with E-state index in [-0.39, 0.29) is 5.95 Å². The highest BCUT2D eigenvalue weighted by molar-refractivity contribution is 5.34. The lowest BCUT2D eigenvalue weighted by molar-refractivity contribution is 0.832. The van der Waals surface area contributed by atoms with Crippen LogP contribution in [0.1, 0.15) is 5.56 Å². The van der Waals surface area contributed by atoms with Crippen LogP contribution in [0.3, 0.4) is 0 Å². The van der Waals surface area contributed by atoms with Gasteiger partial charge in [-0.3, -0.25) is 0 Å². The fourth-order valence-corrected chi connectivity index (χ4v) is 1.07. The summed E-state index contributed by atoms with van der Waals surface area (Å²) in [7, 11) is 0. The molecule has 0 amide bonds. The maximum atomic E-state index is 5.47. The monoisotopic (exact) mass is 175 g/mol. The molecular formula is C8H9N5. The number of nitrogens with two attached hydrogens (primary N) is 1. The number of hydrogen-bond acceptors (Lipinski definition) is 4. The van der Waals surface area contributed by atoms with Gasteiger partial charge in [0.05, 0.1) is 0 Å². The number of aryl methyl sites for hydroxylation is 1. The van der Waals surface area contributed by atoms with E-state index in [1.807, 2.05) is 19.2 Å². The highest BCUT2D eigenvalue weighted by Crippen LogP contribution is 2.08. The van der Waals surface area contributed by atoms with Crippen molar-refractivity contribution in [3.8, 4) is 5.82 Å². The summed E-state index contributed by atoms with van der Waals surface area (Å²) in [5.41, 5.74) is 6.41. The van der Waals surface area contributed by atoms with E-state index in [2.05, 4.69) is 15.1 Å². The number of nitrogens with zero attached hydrogens (tertiary/aromatic N) is 4. The van der Waals surface area contributed by atoms with Crippen molar-refractivity contribution in [1.29, 1.82) is 0 Å². The van der Waals surface area contributed by atoms with Crippen LogP contribution in [0.15, 0.2) is 24.7 Å². The average molecular weight is 175 g/mol. The van der Waals surface area contributed by atoms with Crippen molar-refractivity contribution in [1.82, 2.24) is 19.7 Å². The average Bonchev–Trinajstić information content (AvgIpc) is 2.61. The van der Waals surface area contributed by atoms with Crippen LogP contribution in [0, 0.1) is 6.92 Å². The molecule has 13 heavy (non-hydrogen) atoms. The van der Waals surface area contributed by atoms with Gasteiger partial charge >= 0.3 is 0 Å². The summed E-state index contributed by atoms with van der Waals surface area (Å²) in [4.78, 5) is 7.96. The molecule has 0 aromatic carbocycles. The van der Waals surface area contributed by atoms with Crippen LogP contribution in [-0.4, -0.2) is 19.7 Å². The summed E-state index contributed by atoms with van der Waals surface area (Å²) < 4.78 is 1.66. The third-order valence-corrected chi connectivity index (χ3v) is 1.69. The maximum absolute atomic E-state index is 5.47. The van der Waals surface area contributed by atoms with Crippen LogP contribution in [0.2, 0.25) is 0 Å². The highest BCUT2D eigenvalue weighted by Gasteiger charge is 2.03. The molecule has 2 N–H and O–H groups in total. The Hall–Kier alpha value is -1.91. The van der Waals surface area contributed by atoms with Gasteiger partial charge in [0.2, 0.25) is 5.95 Å². The van der Waals surface area contributed by atoms with Gasteiger partial charge in [-0.2, -0.15) is 10.1 Å². The van der Waals surface area contributed by atoms with Gasteiger partial charge in [-0.15, -0.1) is 0 Å². The van der Waals surface area contributed by atoms with Crippen molar-refractivity contribution in [2.24, 2.45) is 0 Å². The summed E-state index contributed by atoms with van der Waals surface area (Å²) in [6, 6.07) is 1.83. The van der Waals surface area contributed by atoms with E-state index in [1.54, 1.807) is 17.1 Å². The van der Waals surface area contributed by atoms with Gasteiger partial charge in [0, 0.05) is 24.2 Å². The standard InChI is InChI=1S/C8H9N5/c1-6-5-10-8(9)12-7(6)13-4-2-3-11-13/h2-5H,1H3,(H2,9,10,12). The van der Waals surface area contributed by atoms with Crippen molar-refractivity contribution >= 4 is 5.95 Å². The Morgan fingerprint density at radius 3 is 3.00 bits per heavy atom. The third kappa shape index (κ3) is 1.35. The molecule has 0 radical (unpaired) electrons. The molecule has 2 heterocycles. The zero-order chi connectivity index (χ0) is 9.26. The van der Waals surface area contributed by atoms with Crippen LogP contribution >= 0.6 is 0 Å². The fourth-order valence-electron chi connectivity index (χ4n) is 1.07. The normalized spacial score (nSPS) is 10.2. The third-order valence-electron chi connectivity index (χ3n) is 1.69. The van der Waals surface area contributed by atoms with Crippen LogP contribution < -0.4 is 5.73 Å². The Morgan fingerprint density at radius 2 is 2.31 bits per heavy atom. The van der Waals surface area contributed by atoms with Gasteiger partial charge in [-0.05, 0) is 13.0 Å². The molecule has 0 aliphatic rings. The number of hydrogen-bond donors (Lipinski definition) is 1. The highest BCUT2D eigenvalue weighted by atomic mass is 15.3. The van der Waals surface area contributed by atoms with E-state index in [1.165, 1.54) is 0 Å². The summed E-state index contributed by atoms with van der Waals surface area (Å²) in [5.74, 6) is 0.980. The fraction of sp³-hybridized carbons (Fsp3) is 0.125. The van der Waals surface area contributed by atoms with Gasteiger partial charge in [-0.1, -0.05) is 0 Å². The molecule has 2 aromatic rings. The molecule has 0 saturated carbocycles. The topological polar surface area (TPSA) is 69.6 Å². The Labute approximate surface area is 75.2 Å². The number of aromatic nitrogens is 4. The Morgan fingerprint density at radius 1 is 1.46 bits per heavy atom. The zero-order valence-corrected chi connectivity index (χ0v) is 7.18. The number of rotatable bonds is 1. The van der Waals surface area contributed by atoms with Crippen molar-refractivity contribution in [3.05, 3.63) is 30.2 Å². The summed E-state index contributed by atoms with van der Waals surface area (Å²) in [6.07, 6.45) is 5.19. The van der Waals surface area contributed by atoms with Gasteiger partial charge in [0.25, 0.3) is 0 Å². The molecule has 0 bridgehead atoms. The van der Waals surface area contributed by atoms with Crippen molar-refractivity contribution in [2.75, 3.05) is 5.73 Å². The van der Waals surface area contributed by atoms with E-state index in [9.17, 15) is 0 Å². The van der Waals surface area contributed by atoms with Crippen LogP contribution in [0.4, 0.5) is 5.95 Å². The summed E-state index contributed by atoms with van der Waals surface area (Å²) in [6.45, 7) is 1.91. The van der Waals surface area contributed by atoms with Crippen molar-refractivity contribution in [3.63, 3.8) is 0 Å². The van der Waals surface area contributed by atoms with E-state index in [0.717, 1.165) is 11.4 Å². The number of nitrogen functional groups attached to an aromatic ring is 1. The molecule has 0 fully saturated rings. The first-order chi connectivity index (χ1) is 6.27. The van der Waals surface area contributed by atoms with Crippen molar-refractivity contribution in [2.45, 2.75) is 6.92 Å². The Kier molecular flexibility index (Phi) is 1.70. The van der Waals surface area contributed by atoms with Gasteiger partial charge < -0.3 is 5.73 Å². The predicted octanol–water partition coefficient (Wildman–Crippen LogP) is 0.553.